The number of phenolic OH excluding ortho intramolecular Hbond substituents is 2. The van der Waals surface area contributed by atoms with Gasteiger partial charge in [-0.3, -0.25) is 4.79 Å². The number of phenols is 2. The first-order valence-corrected chi connectivity index (χ1v) is 9.50. The summed E-state index contributed by atoms with van der Waals surface area (Å²) in [5, 5.41) is 20.7. The normalized spacial score (nSPS) is 10.6. The van der Waals surface area contributed by atoms with Gasteiger partial charge in [0.05, 0.1) is 13.7 Å². The number of fused-ring (bicyclic) bond motifs is 1. The van der Waals surface area contributed by atoms with Crippen LogP contribution in [0.2, 0.25) is 0 Å². The van der Waals surface area contributed by atoms with Crippen LogP contribution in [0.3, 0.4) is 0 Å². The fraction of sp³-hybridized carbons (Fsp3) is 0.217. The van der Waals surface area contributed by atoms with Gasteiger partial charge in [-0.2, -0.15) is 0 Å². The number of benzene rings is 2. The van der Waals surface area contributed by atoms with Gasteiger partial charge >= 0.3 is 5.97 Å². The first kappa shape index (κ1) is 21.8. The first-order chi connectivity index (χ1) is 14.9. The molecule has 2 aromatic carbocycles. The van der Waals surface area contributed by atoms with Crippen LogP contribution in [0.15, 0.2) is 52.2 Å². The van der Waals surface area contributed by atoms with Crippen LogP contribution >= 0.6 is 0 Å². The lowest BCUT2D eigenvalue weighted by Crippen LogP contribution is -2.19. The van der Waals surface area contributed by atoms with Crippen molar-refractivity contribution in [2.75, 3.05) is 20.3 Å². The van der Waals surface area contributed by atoms with Gasteiger partial charge < -0.3 is 28.8 Å². The number of allylic oxidation sites excluding steroid dienone is 1. The molecule has 2 N–H and O–H groups in total. The van der Waals surface area contributed by atoms with Crippen molar-refractivity contribution in [3.8, 4) is 34.3 Å². The number of hydrogen-bond acceptors (Lipinski definition) is 8. The summed E-state index contributed by atoms with van der Waals surface area (Å²) < 4.78 is 21.4. The van der Waals surface area contributed by atoms with Gasteiger partial charge in [0.1, 0.15) is 16.7 Å². The molecular formula is C23H22O8. The lowest BCUT2D eigenvalue weighted by Gasteiger charge is -2.16. The number of methoxy groups -OCH3 is 1. The quantitative estimate of drug-likeness (QED) is 0.415. The Morgan fingerprint density at radius 2 is 2.00 bits per heavy atom. The minimum absolute atomic E-state index is 0.0119. The summed E-state index contributed by atoms with van der Waals surface area (Å²) in [4.78, 5) is 25.0. The molecule has 0 unspecified atom stereocenters. The molecule has 0 amide bonds. The summed E-state index contributed by atoms with van der Waals surface area (Å²) in [6, 6.07) is 7.50. The lowest BCUT2D eigenvalue weighted by atomic mass is 9.99. The average Bonchev–Trinajstić information content (AvgIpc) is 2.74. The van der Waals surface area contributed by atoms with Crippen molar-refractivity contribution < 1.29 is 33.6 Å². The zero-order chi connectivity index (χ0) is 22.5. The molecule has 8 heteroatoms. The number of carbonyl (C=O) groups is 1. The Morgan fingerprint density at radius 1 is 1.23 bits per heavy atom. The van der Waals surface area contributed by atoms with Crippen LogP contribution in [0.25, 0.3) is 22.3 Å². The van der Waals surface area contributed by atoms with E-state index >= 15 is 0 Å². The zero-order valence-corrected chi connectivity index (χ0v) is 17.1. The van der Waals surface area contributed by atoms with Gasteiger partial charge in [0, 0.05) is 11.1 Å². The third-order valence-electron chi connectivity index (χ3n) is 4.55. The fourth-order valence-electron chi connectivity index (χ4n) is 3.19. The highest BCUT2D eigenvalue weighted by Crippen LogP contribution is 2.41. The van der Waals surface area contributed by atoms with Gasteiger partial charge in [0.15, 0.2) is 23.9 Å². The summed E-state index contributed by atoms with van der Waals surface area (Å²) in [5.41, 5.74) is 0.180. The number of rotatable bonds is 8. The van der Waals surface area contributed by atoms with E-state index in [1.54, 1.807) is 19.1 Å². The van der Waals surface area contributed by atoms with E-state index in [2.05, 4.69) is 6.58 Å². The topological polar surface area (TPSA) is 115 Å². The van der Waals surface area contributed by atoms with Crippen LogP contribution in [0.5, 0.6) is 23.0 Å². The van der Waals surface area contributed by atoms with Crippen molar-refractivity contribution in [1.82, 2.24) is 0 Å². The van der Waals surface area contributed by atoms with E-state index in [-0.39, 0.29) is 52.8 Å². The molecule has 3 aromatic rings. The second-order valence-electron chi connectivity index (χ2n) is 6.47. The molecule has 0 aliphatic heterocycles. The highest BCUT2D eigenvalue weighted by atomic mass is 16.6. The summed E-state index contributed by atoms with van der Waals surface area (Å²) in [5.74, 6) is -1.18. The Hall–Kier alpha value is -3.94. The average molecular weight is 426 g/mol. The van der Waals surface area contributed by atoms with Crippen LogP contribution in [0.4, 0.5) is 0 Å². The van der Waals surface area contributed by atoms with Crippen molar-refractivity contribution in [1.29, 1.82) is 0 Å². The smallest absolute Gasteiger partial charge is 0.344 e. The van der Waals surface area contributed by atoms with E-state index < -0.39 is 18.0 Å². The standard InChI is InChI=1S/C23H22O8/c1-4-7-13-14(10-11-17(28-3)20(13)26)22-23(30-12-18(25)29-5-2)21(27)19-15(24)8-6-9-16(19)31-22/h4,6,8-11,24,26H,1,5,7,12H2,2-3H3. The highest BCUT2D eigenvalue weighted by Gasteiger charge is 2.24. The largest absolute Gasteiger partial charge is 0.507 e. The molecule has 0 bridgehead atoms. The first-order valence-electron chi connectivity index (χ1n) is 9.50. The van der Waals surface area contributed by atoms with Crippen LogP contribution in [0, 0.1) is 0 Å². The molecule has 162 valence electrons. The predicted molar refractivity (Wildman–Crippen MR) is 114 cm³/mol. The minimum atomic E-state index is -0.672. The Morgan fingerprint density at radius 3 is 2.68 bits per heavy atom. The molecule has 0 fully saturated rings. The van der Waals surface area contributed by atoms with Crippen molar-refractivity contribution in [2.24, 2.45) is 0 Å². The molecule has 8 nitrogen and oxygen atoms in total. The number of aromatic hydroxyl groups is 2. The highest BCUT2D eigenvalue weighted by molar-refractivity contribution is 5.88. The summed E-state index contributed by atoms with van der Waals surface area (Å²) in [6.07, 6.45) is 1.81. The molecule has 0 aliphatic rings. The van der Waals surface area contributed by atoms with Gasteiger partial charge in [-0.1, -0.05) is 12.1 Å². The van der Waals surface area contributed by atoms with Crippen LogP contribution in [-0.4, -0.2) is 36.5 Å². The third kappa shape index (κ3) is 4.18. The number of ether oxygens (including phenoxy) is 3. The second-order valence-corrected chi connectivity index (χ2v) is 6.47. The molecule has 1 aromatic heterocycles. The van der Waals surface area contributed by atoms with Crippen LogP contribution in [-0.2, 0) is 16.0 Å². The van der Waals surface area contributed by atoms with Crippen molar-refractivity contribution in [3.63, 3.8) is 0 Å². The maximum absolute atomic E-state index is 13.2. The Bertz CT molecular complexity index is 1190. The van der Waals surface area contributed by atoms with E-state index in [1.165, 1.54) is 31.4 Å². The van der Waals surface area contributed by atoms with Gasteiger partial charge in [-0.25, -0.2) is 4.79 Å². The van der Waals surface area contributed by atoms with Gasteiger partial charge in [0.25, 0.3) is 0 Å². The van der Waals surface area contributed by atoms with Gasteiger partial charge in [-0.05, 0) is 37.6 Å². The zero-order valence-electron chi connectivity index (χ0n) is 17.1. The van der Waals surface area contributed by atoms with E-state index in [4.69, 9.17) is 18.6 Å². The summed E-state index contributed by atoms with van der Waals surface area (Å²) >= 11 is 0. The number of hydrogen-bond donors (Lipinski definition) is 2. The maximum atomic E-state index is 13.2. The molecule has 3 rings (SSSR count). The molecule has 31 heavy (non-hydrogen) atoms. The SMILES string of the molecule is C=CCc1c(-c2oc3cccc(O)c3c(=O)c2OCC(=O)OCC)ccc(OC)c1O. The predicted octanol–water partition coefficient (Wildman–Crippen LogP) is 3.55. The van der Waals surface area contributed by atoms with Crippen LogP contribution < -0.4 is 14.9 Å². The monoisotopic (exact) mass is 426 g/mol. The Balaban J connectivity index is 2.30. The fourth-order valence-corrected chi connectivity index (χ4v) is 3.19. The Kier molecular flexibility index (Phi) is 6.49. The number of carbonyl (C=O) groups excluding carboxylic acids is 1. The number of esters is 1. The molecule has 1 heterocycles. The van der Waals surface area contributed by atoms with Gasteiger partial charge in [-0.15, -0.1) is 6.58 Å². The van der Waals surface area contributed by atoms with E-state index in [0.717, 1.165) is 0 Å². The molecular weight excluding hydrogens is 404 g/mol. The minimum Gasteiger partial charge on any atom is -0.507 e. The summed E-state index contributed by atoms with van der Waals surface area (Å²) in [6.45, 7) is 4.96. The van der Waals surface area contributed by atoms with Crippen molar-refractivity contribution in [2.45, 2.75) is 13.3 Å². The van der Waals surface area contributed by atoms with Crippen molar-refractivity contribution in [3.05, 3.63) is 58.8 Å². The van der Waals surface area contributed by atoms with E-state index in [1.807, 2.05) is 0 Å². The van der Waals surface area contributed by atoms with E-state index in [0.29, 0.717) is 11.1 Å². The van der Waals surface area contributed by atoms with E-state index in [9.17, 15) is 19.8 Å². The molecule has 0 saturated heterocycles. The van der Waals surface area contributed by atoms with Crippen molar-refractivity contribution >= 4 is 16.9 Å². The molecule has 0 saturated carbocycles. The molecule has 0 radical (unpaired) electrons. The molecule has 0 spiro atoms. The lowest BCUT2D eigenvalue weighted by molar-refractivity contribution is -0.145. The third-order valence-corrected chi connectivity index (χ3v) is 4.55. The van der Waals surface area contributed by atoms with Gasteiger partial charge in [0.2, 0.25) is 11.2 Å². The molecule has 0 aliphatic carbocycles. The Labute approximate surface area is 177 Å². The maximum Gasteiger partial charge on any atom is 0.344 e. The second kappa shape index (κ2) is 9.25. The molecule has 0 atom stereocenters. The summed E-state index contributed by atoms with van der Waals surface area (Å²) in [7, 11) is 1.42. The van der Waals surface area contributed by atoms with Crippen LogP contribution in [0.1, 0.15) is 12.5 Å².